The van der Waals surface area contributed by atoms with Gasteiger partial charge in [-0.15, -0.1) is 0 Å². The Morgan fingerprint density at radius 1 is 1.15 bits per heavy atom. The van der Waals surface area contributed by atoms with E-state index < -0.39 is 0 Å². The molecule has 3 aromatic rings. The molecule has 0 aliphatic rings. The van der Waals surface area contributed by atoms with Gasteiger partial charge < -0.3 is 4.74 Å². The summed E-state index contributed by atoms with van der Waals surface area (Å²) in [7, 11) is 1.62. The number of carbonyl (C=O) groups excluding carboxylic acids is 1. The molecule has 6 nitrogen and oxygen atoms in total. The molecule has 2 N–H and O–H groups in total. The quantitative estimate of drug-likeness (QED) is 0.517. The van der Waals surface area contributed by atoms with Crippen LogP contribution in [0.2, 0.25) is 0 Å². The number of methoxy groups -OCH3 is 1. The highest BCUT2D eigenvalue weighted by Gasteiger charge is 2.11. The number of benzene rings is 2. The molecule has 0 bridgehead atoms. The van der Waals surface area contributed by atoms with E-state index in [4.69, 9.17) is 4.74 Å². The van der Waals surface area contributed by atoms with Gasteiger partial charge in [0.2, 0.25) is 0 Å². The molecule has 1 aromatic heterocycles. The van der Waals surface area contributed by atoms with E-state index in [1.165, 1.54) is 5.56 Å². The maximum atomic E-state index is 12.3. The highest BCUT2D eigenvalue weighted by atomic mass is 16.5. The molecule has 1 heterocycles. The number of rotatable bonds is 6. The number of amides is 1. The summed E-state index contributed by atoms with van der Waals surface area (Å²) in [5.41, 5.74) is 7.45. The third-order valence-electron chi connectivity index (χ3n) is 4.31. The average molecular weight is 362 g/mol. The normalized spacial score (nSPS) is 11.3. The Hall–Kier alpha value is -3.41. The number of aryl methyl sites for hydroxylation is 1. The van der Waals surface area contributed by atoms with E-state index in [1.807, 2.05) is 43.3 Å². The van der Waals surface area contributed by atoms with E-state index in [9.17, 15) is 4.79 Å². The smallest absolute Gasteiger partial charge is 0.289 e. The third kappa shape index (κ3) is 4.41. The van der Waals surface area contributed by atoms with Gasteiger partial charge in [-0.05, 0) is 54.8 Å². The maximum Gasteiger partial charge on any atom is 0.289 e. The van der Waals surface area contributed by atoms with Crippen molar-refractivity contribution in [1.29, 1.82) is 0 Å². The van der Waals surface area contributed by atoms with Gasteiger partial charge in [-0.25, -0.2) is 5.43 Å². The fraction of sp³-hybridized carbons (Fsp3) is 0.190. The predicted octanol–water partition coefficient (Wildman–Crippen LogP) is 3.80. The Labute approximate surface area is 158 Å². The first-order chi connectivity index (χ1) is 13.1. The zero-order valence-electron chi connectivity index (χ0n) is 15.6. The van der Waals surface area contributed by atoms with Gasteiger partial charge >= 0.3 is 0 Å². The lowest BCUT2D eigenvalue weighted by Gasteiger charge is -2.03. The molecule has 0 aliphatic heterocycles. The average Bonchev–Trinajstić information content (AvgIpc) is 3.22. The molecule has 1 amide bonds. The minimum absolute atomic E-state index is 0.341. The van der Waals surface area contributed by atoms with Crippen molar-refractivity contribution in [3.63, 3.8) is 0 Å². The standard InChI is InChI=1S/C21H22N4O2/c1-4-15-5-7-17(8-6-15)19-13-20(24-23-19)21(26)25-22-14(2)16-9-11-18(27-3)12-10-16/h5-13H,4H2,1-3H3,(H,23,24)(H,25,26). The Morgan fingerprint density at radius 2 is 1.85 bits per heavy atom. The van der Waals surface area contributed by atoms with Crippen molar-refractivity contribution in [2.75, 3.05) is 7.11 Å². The molecule has 2 aromatic carbocycles. The number of hydrogen-bond donors (Lipinski definition) is 2. The highest BCUT2D eigenvalue weighted by molar-refractivity contribution is 6.00. The van der Waals surface area contributed by atoms with Gasteiger partial charge in [-0.2, -0.15) is 10.2 Å². The third-order valence-corrected chi connectivity index (χ3v) is 4.31. The first-order valence-electron chi connectivity index (χ1n) is 8.74. The van der Waals surface area contributed by atoms with Gasteiger partial charge in [0, 0.05) is 5.56 Å². The zero-order valence-corrected chi connectivity index (χ0v) is 15.6. The summed E-state index contributed by atoms with van der Waals surface area (Å²) in [5, 5.41) is 11.1. The fourth-order valence-corrected chi connectivity index (χ4v) is 2.59. The van der Waals surface area contributed by atoms with Crippen molar-refractivity contribution in [2.24, 2.45) is 5.10 Å². The minimum Gasteiger partial charge on any atom is -0.497 e. The molecule has 27 heavy (non-hydrogen) atoms. The van der Waals surface area contributed by atoms with E-state index >= 15 is 0 Å². The van der Waals surface area contributed by atoms with E-state index in [0.717, 1.165) is 29.0 Å². The fourth-order valence-electron chi connectivity index (χ4n) is 2.59. The number of aromatic nitrogens is 2. The highest BCUT2D eigenvalue weighted by Crippen LogP contribution is 2.18. The van der Waals surface area contributed by atoms with Gasteiger partial charge in [0.15, 0.2) is 0 Å². The number of ether oxygens (including phenoxy) is 1. The summed E-state index contributed by atoms with van der Waals surface area (Å²) >= 11 is 0. The lowest BCUT2D eigenvalue weighted by Crippen LogP contribution is -2.19. The number of H-pyrrole nitrogens is 1. The molecule has 0 unspecified atom stereocenters. The van der Waals surface area contributed by atoms with Crippen LogP contribution in [0.25, 0.3) is 11.3 Å². The van der Waals surface area contributed by atoms with Crippen molar-refractivity contribution in [2.45, 2.75) is 20.3 Å². The van der Waals surface area contributed by atoms with Crippen LogP contribution in [0.4, 0.5) is 0 Å². The van der Waals surface area contributed by atoms with Gasteiger partial charge in [-0.1, -0.05) is 31.2 Å². The van der Waals surface area contributed by atoms with Crippen LogP contribution in [-0.4, -0.2) is 28.9 Å². The van der Waals surface area contributed by atoms with Crippen molar-refractivity contribution in [1.82, 2.24) is 15.6 Å². The van der Waals surface area contributed by atoms with Gasteiger partial charge in [0.25, 0.3) is 5.91 Å². The number of carbonyl (C=O) groups is 1. The van der Waals surface area contributed by atoms with Crippen LogP contribution in [0.5, 0.6) is 5.75 Å². The number of nitrogens with one attached hydrogen (secondary N) is 2. The summed E-state index contributed by atoms with van der Waals surface area (Å²) < 4.78 is 5.14. The van der Waals surface area contributed by atoms with Crippen LogP contribution < -0.4 is 10.2 Å². The Balaban J connectivity index is 1.67. The second-order valence-corrected chi connectivity index (χ2v) is 6.08. The molecule has 0 fully saturated rings. The summed E-state index contributed by atoms with van der Waals surface area (Å²) in [6.45, 7) is 3.94. The van der Waals surface area contributed by atoms with Crippen molar-refractivity contribution in [3.05, 3.63) is 71.4 Å². The monoisotopic (exact) mass is 362 g/mol. The number of hydrogen-bond acceptors (Lipinski definition) is 4. The van der Waals surface area contributed by atoms with Crippen LogP contribution >= 0.6 is 0 Å². The van der Waals surface area contributed by atoms with Crippen molar-refractivity contribution in [3.8, 4) is 17.0 Å². The number of aromatic amines is 1. The molecule has 138 valence electrons. The van der Waals surface area contributed by atoms with Crippen LogP contribution in [0.15, 0.2) is 59.7 Å². The topological polar surface area (TPSA) is 79.4 Å². The van der Waals surface area contributed by atoms with Gasteiger partial charge in [0.1, 0.15) is 11.4 Å². The zero-order chi connectivity index (χ0) is 19.2. The minimum atomic E-state index is -0.341. The molecular weight excluding hydrogens is 340 g/mol. The van der Waals surface area contributed by atoms with Crippen LogP contribution in [-0.2, 0) is 6.42 Å². The first kappa shape index (κ1) is 18.4. The van der Waals surface area contributed by atoms with Gasteiger partial charge in [0.05, 0.1) is 18.5 Å². The summed E-state index contributed by atoms with van der Waals surface area (Å²) in [6.07, 6.45) is 0.986. The number of nitrogens with zero attached hydrogens (tertiary/aromatic N) is 2. The van der Waals surface area contributed by atoms with Crippen molar-refractivity contribution >= 4 is 11.6 Å². The molecule has 0 radical (unpaired) electrons. The van der Waals surface area contributed by atoms with Crippen molar-refractivity contribution < 1.29 is 9.53 Å². The Kier molecular flexibility index (Phi) is 5.66. The molecule has 0 saturated heterocycles. The molecule has 0 aliphatic carbocycles. The largest absolute Gasteiger partial charge is 0.497 e. The van der Waals surface area contributed by atoms with E-state index in [2.05, 4.69) is 39.8 Å². The van der Waals surface area contributed by atoms with Crippen LogP contribution in [0, 0.1) is 0 Å². The second kappa shape index (κ2) is 8.31. The van der Waals surface area contributed by atoms with Crippen LogP contribution in [0.1, 0.15) is 35.5 Å². The second-order valence-electron chi connectivity index (χ2n) is 6.08. The first-order valence-corrected chi connectivity index (χ1v) is 8.74. The summed E-state index contributed by atoms with van der Waals surface area (Å²) in [6, 6.07) is 17.3. The Bertz CT molecular complexity index is 941. The summed E-state index contributed by atoms with van der Waals surface area (Å²) in [5.74, 6) is 0.430. The Morgan fingerprint density at radius 3 is 2.48 bits per heavy atom. The summed E-state index contributed by atoms with van der Waals surface area (Å²) in [4.78, 5) is 12.3. The van der Waals surface area contributed by atoms with E-state index in [1.54, 1.807) is 13.2 Å². The number of hydrazone groups is 1. The molecule has 6 heteroatoms. The van der Waals surface area contributed by atoms with Crippen LogP contribution in [0.3, 0.4) is 0 Å². The molecule has 3 rings (SSSR count). The SMILES string of the molecule is CCc1ccc(-c2cc(C(=O)NN=C(C)c3ccc(OC)cc3)[nH]n2)cc1. The molecule has 0 saturated carbocycles. The molecule has 0 spiro atoms. The maximum absolute atomic E-state index is 12.3. The van der Waals surface area contributed by atoms with E-state index in [-0.39, 0.29) is 5.91 Å². The lowest BCUT2D eigenvalue weighted by molar-refractivity contribution is 0.0950. The van der Waals surface area contributed by atoms with E-state index in [0.29, 0.717) is 11.4 Å². The molecule has 0 atom stereocenters. The van der Waals surface area contributed by atoms with Gasteiger partial charge in [-0.3, -0.25) is 9.89 Å². The molecular formula is C21H22N4O2. The predicted molar refractivity (Wildman–Crippen MR) is 106 cm³/mol. The lowest BCUT2D eigenvalue weighted by atomic mass is 10.1.